The molecule has 1 aliphatic rings. The van der Waals surface area contributed by atoms with E-state index in [1.807, 2.05) is 17.0 Å². The summed E-state index contributed by atoms with van der Waals surface area (Å²) in [4.78, 5) is 15.5. The summed E-state index contributed by atoms with van der Waals surface area (Å²) in [6.45, 7) is 2.36. The number of benzene rings is 2. The van der Waals surface area contributed by atoms with E-state index in [0.29, 0.717) is 60.5 Å². The van der Waals surface area contributed by atoms with E-state index in [-0.39, 0.29) is 5.82 Å². The van der Waals surface area contributed by atoms with E-state index < -0.39 is 6.43 Å². The second kappa shape index (κ2) is 7.92. The number of ether oxygens (including phenoxy) is 1. The molecule has 0 amide bonds. The van der Waals surface area contributed by atoms with E-state index in [2.05, 4.69) is 9.97 Å². The minimum Gasteiger partial charge on any atom is -0.399 e. The average Bonchev–Trinajstić information content (AvgIpc) is 3.20. The first-order valence-electron chi connectivity index (χ1n) is 9.94. The molecule has 1 fully saturated rings. The van der Waals surface area contributed by atoms with Crippen LogP contribution in [-0.4, -0.2) is 45.8 Å². The van der Waals surface area contributed by atoms with Gasteiger partial charge in [-0.05, 0) is 24.3 Å². The molecule has 0 spiro atoms. The number of halogens is 2. The van der Waals surface area contributed by atoms with Crippen LogP contribution in [0.2, 0.25) is 0 Å². The molecule has 0 saturated carbocycles. The monoisotopic (exact) mass is 422 g/mol. The highest BCUT2D eigenvalue weighted by atomic mass is 19.3. The lowest BCUT2D eigenvalue weighted by Gasteiger charge is -2.27. The SMILES string of the molecule is Nc1ccc(-c2cc(-n3c(C(F)F)nc4ccccc43)nc(N3CCOCC3)n2)cc1. The van der Waals surface area contributed by atoms with Crippen LogP contribution in [0.4, 0.5) is 20.4 Å². The van der Waals surface area contributed by atoms with Gasteiger partial charge in [0.25, 0.3) is 6.43 Å². The number of rotatable bonds is 4. The molecule has 5 rings (SSSR count). The lowest BCUT2D eigenvalue weighted by molar-refractivity contribution is 0.122. The minimum absolute atomic E-state index is 0.340. The number of morpholine rings is 1. The summed E-state index contributed by atoms with van der Waals surface area (Å²) in [7, 11) is 0. The van der Waals surface area contributed by atoms with Crippen LogP contribution in [0.15, 0.2) is 54.6 Å². The predicted octanol–water partition coefficient (Wildman–Crippen LogP) is 3.84. The third-order valence-corrected chi connectivity index (χ3v) is 5.21. The van der Waals surface area contributed by atoms with Crippen LogP contribution in [0, 0.1) is 0 Å². The molecule has 7 nitrogen and oxygen atoms in total. The molecular formula is C22H20F2N6O. The highest BCUT2D eigenvalue weighted by Crippen LogP contribution is 2.30. The molecule has 2 aromatic heterocycles. The van der Waals surface area contributed by atoms with Gasteiger partial charge in [0.1, 0.15) is 5.82 Å². The third kappa shape index (κ3) is 3.68. The van der Waals surface area contributed by atoms with Crippen molar-refractivity contribution >= 4 is 22.7 Å². The third-order valence-electron chi connectivity index (χ3n) is 5.21. The Morgan fingerprint density at radius 2 is 1.68 bits per heavy atom. The standard InChI is InChI=1S/C22H20F2N6O/c23-20(24)21-26-16-3-1-2-4-18(16)30(21)19-13-17(14-5-7-15(25)8-6-14)27-22(28-19)29-9-11-31-12-10-29/h1-8,13,20H,9-12,25H2. The van der Waals surface area contributed by atoms with Gasteiger partial charge in [-0.3, -0.25) is 4.57 Å². The molecule has 3 heterocycles. The Hall–Kier alpha value is -3.59. The fourth-order valence-corrected chi connectivity index (χ4v) is 3.67. The van der Waals surface area contributed by atoms with Gasteiger partial charge in [-0.25, -0.2) is 18.7 Å². The minimum atomic E-state index is -2.76. The Labute approximate surface area is 177 Å². The molecular weight excluding hydrogens is 402 g/mol. The lowest BCUT2D eigenvalue weighted by Crippen LogP contribution is -2.37. The van der Waals surface area contributed by atoms with Crippen molar-refractivity contribution in [2.24, 2.45) is 0 Å². The smallest absolute Gasteiger partial charge is 0.296 e. The van der Waals surface area contributed by atoms with Crippen molar-refractivity contribution in [3.63, 3.8) is 0 Å². The molecule has 31 heavy (non-hydrogen) atoms. The fourth-order valence-electron chi connectivity index (χ4n) is 3.67. The number of hydrogen-bond donors (Lipinski definition) is 1. The van der Waals surface area contributed by atoms with Crippen LogP contribution in [-0.2, 0) is 4.74 Å². The maximum absolute atomic E-state index is 13.9. The van der Waals surface area contributed by atoms with Crippen LogP contribution in [0.25, 0.3) is 28.1 Å². The molecule has 0 atom stereocenters. The molecule has 4 aromatic rings. The van der Waals surface area contributed by atoms with Gasteiger partial charge in [0.05, 0.1) is 29.9 Å². The Balaban J connectivity index is 1.73. The van der Waals surface area contributed by atoms with Crippen LogP contribution in [0.5, 0.6) is 0 Å². The average molecular weight is 422 g/mol. The van der Waals surface area contributed by atoms with Gasteiger partial charge in [-0.15, -0.1) is 0 Å². The zero-order valence-electron chi connectivity index (χ0n) is 16.6. The van der Waals surface area contributed by atoms with E-state index in [9.17, 15) is 8.78 Å². The fraction of sp³-hybridized carbons (Fsp3) is 0.227. The predicted molar refractivity (Wildman–Crippen MR) is 114 cm³/mol. The Bertz CT molecular complexity index is 1220. The van der Waals surface area contributed by atoms with Crippen molar-refractivity contribution in [1.82, 2.24) is 19.5 Å². The Morgan fingerprint density at radius 3 is 2.42 bits per heavy atom. The Morgan fingerprint density at radius 1 is 0.935 bits per heavy atom. The van der Waals surface area contributed by atoms with Crippen LogP contribution in [0.3, 0.4) is 0 Å². The first kappa shape index (κ1) is 19.4. The van der Waals surface area contributed by atoms with E-state index in [1.165, 1.54) is 4.57 Å². The van der Waals surface area contributed by atoms with E-state index >= 15 is 0 Å². The molecule has 0 bridgehead atoms. The molecule has 0 aliphatic carbocycles. The largest absolute Gasteiger partial charge is 0.399 e. The summed E-state index contributed by atoms with van der Waals surface area (Å²) in [5.74, 6) is 0.453. The highest BCUT2D eigenvalue weighted by Gasteiger charge is 2.23. The number of hydrogen-bond acceptors (Lipinski definition) is 6. The van der Waals surface area contributed by atoms with Gasteiger partial charge < -0.3 is 15.4 Å². The van der Waals surface area contributed by atoms with Crippen molar-refractivity contribution in [3.8, 4) is 17.1 Å². The summed E-state index contributed by atoms with van der Waals surface area (Å²) < 4.78 is 34.7. The molecule has 0 unspecified atom stereocenters. The number of nitrogens with zero attached hydrogens (tertiary/aromatic N) is 5. The molecule has 1 saturated heterocycles. The maximum atomic E-state index is 13.9. The molecule has 2 N–H and O–H groups in total. The van der Waals surface area contributed by atoms with Crippen molar-refractivity contribution in [2.75, 3.05) is 36.9 Å². The maximum Gasteiger partial charge on any atom is 0.296 e. The van der Waals surface area contributed by atoms with Crippen molar-refractivity contribution in [1.29, 1.82) is 0 Å². The molecule has 2 aromatic carbocycles. The number of fused-ring (bicyclic) bond motifs is 1. The van der Waals surface area contributed by atoms with Gasteiger partial charge in [0.2, 0.25) is 5.95 Å². The van der Waals surface area contributed by atoms with Crippen LogP contribution >= 0.6 is 0 Å². The first-order valence-corrected chi connectivity index (χ1v) is 9.94. The normalized spacial score (nSPS) is 14.5. The number of para-hydroxylation sites is 2. The quantitative estimate of drug-likeness (QED) is 0.503. The summed E-state index contributed by atoms with van der Waals surface area (Å²) >= 11 is 0. The van der Waals surface area contributed by atoms with E-state index in [1.54, 1.807) is 42.5 Å². The molecule has 9 heteroatoms. The highest BCUT2D eigenvalue weighted by molar-refractivity contribution is 5.78. The van der Waals surface area contributed by atoms with E-state index in [0.717, 1.165) is 5.56 Å². The first-order chi connectivity index (χ1) is 15.1. The second-order valence-corrected chi connectivity index (χ2v) is 7.23. The number of anilines is 2. The number of imidazole rings is 1. The number of nitrogens with two attached hydrogens (primary N) is 1. The van der Waals surface area contributed by atoms with Gasteiger partial charge >= 0.3 is 0 Å². The van der Waals surface area contributed by atoms with Gasteiger partial charge in [0.15, 0.2) is 5.82 Å². The number of aromatic nitrogens is 4. The molecule has 158 valence electrons. The van der Waals surface area contributed by atoms with Crippen molar-refractivity contribution in [2.45, 2.75) is 6.43 Å². The van der Waals surface area contributed by atoms with E-state index in [4.69, 9.17) is 15.5 Å². The van der Waals surface area contributed by atoms with Crippen LogP contribution in [0.1, 0.15) is 12.2 Å². The van der Waals surface area contributed by atoms with Gasteiger partial charge in [-0.1, -0.05) is 24.3 Å². The molecule has 1 aliphatic heterocycles. The summed E-state index contributed by atoms with van der Waals surface area (Å²) in [5.41, 5.74) is 8.93. The lowest BCUT2D eigenvalue weighted by atomic mass is 10.1. The van der Waals surface area contributed by atoms with Crippen LogP contribution < -0.4 is 10.6 Å². The number of nitrogen functional groups attached to an aromatic ring is 1. The summed E-state index contributed by atoms with van der Waals surface area (Å²) in [6, 6.07) is 16.0. The van der Waals surface area contributed by atoms with Crippen molar-refractivity contribution < 1.29 is 13.5 Å². The number of alkyl halides is 2. The molecule has 0 radical (unpaired) electrons. The zero-order valence-corrected chi connectivity index (χ0v) is 16.6. The topological polar surface area (TPSA) is 82.1 Å². The summed E-state index contributed by atoms with van der Waals surface area (Å²) in [6.07, 6.45) is -2.76. The van der Waals surface area contributed by atoms with Crippen molar-refractivity contribution in [3.05, 3.63) is 60.4 Å². The van der Waals surface area contributed by atoms with Gasteiger partial charge in [0, 0.05) is 30.4 Å². The summed E-state index contributed by atoms with van der Waals surface area (Å²) in [5, 5.41) is 0. The Kier molecular flexibility index (Phi) is 4.95. The zero-order chi connectivity index (χ0) is 21.4. The second-order valence-electron chi connectivity index (χ2n) is 7.23. The van der Waals surface area contributed by atoms with Gasteiger partial charge in [-0.2, -0.15) is 4.98 Å².